The second-order valence-electron chi connectivity index (χ2n) is 3.06. The minimum atomic E-state index is 0.0712. The molecule has 1 N–H and O–H groups in total. The third-order valence-electron chi connectivity index (χ3n) is 2.06. The van der Waals surface area contributed by atoms with E-state index in [2.05, 4.69) is 6.92 Å². The number of aliphatic hydroxyl groups is 1. The smallest absolute Gasteiger partial charge is 0.0573 e. The second kappa shape index (κ2) is 3.21. The fourth-order valence-corrected chi connectivity index (χ4v) is 1.20. The van der Waals surface area contributed by atoms with E-state index in [4.69, 9.17) is 5.11 Å². The predicted octanol–water partition coefficient (Wildman–Crippen LogP) is 1.95. The Kier molecular flexibility index (Phi) is 2.52. The summed E-state index contributed by atoms with van der Waals surface area (Å²) in [6, 6.07) is 0. The van der Waals surface area contributed by atoms with Crippen molar-refractivity contribution in [3.05, 3.63) is 0 Å². The fourth-order valence-electron chi connectivity index (χ4n) is 1.20. The fraction of sp³-hybridized carbons (Fsp3) is 1.00. The summed E-state index contributed by atoms with van der Waals surface area (Å²) >= 11 is 0. The molecule has 1 heteroatoms. The molecule has 0 unspecified atom stereocenters. The van der Waals surface area contributed by atoms with Crippen molar-refractivity contribution in [1.29, 1.82) is 0 Å². The molecule has 0 heterocycles. The zero-order chi connectivity index (χ0) is 6.69. The van der Waals surface area contributed by atoms with Crippen LogP contribution in [0.1, 0.15) is 39.0 Å². The van der Waals surface area contributed by atoms with Crippen LogP contribution in [0.25, 0.3) is 0 Å². The van der Waals surface area contributed by atoms with Crippen LogP contribution in [0.2, 0.25) is 0 Å². The number of unbranched alkanes of at least 4 members (excludes halogenated alkanes) is 2. The van der Waals surface area contributed by atoms with Gasteiger partial charge in [0.05, 0.1) is 6.10 Å². The molecule has 0 aromatic heterocycles. The van der Waals surface area contributed by atoms with Crippen LogP contribution in [-0.2, 0) is 0 Å². The molecule has 1 aliphatic carbocycles. The summed E-state index contributed by atoms with van der Waals surface area (Å²) in [6.07, 6.45) is 6.35. The summed E-state index contributed by atoms with van der Waals surface area (Å²) in [4.78, 5) is 0. The van der Waals surface area contributed by atoms with E-state index in [-0.39, 0.29) is 6.10 Å². The van der Waals surface area contributed by atoms with Gasteiger partial charge < -0.3 is 5.11 Å². The van der Waals surface area contributed by atoms with E-state index < -0.39 is 0 Å². The molecule has 1 saturated carbocycles. The molecular weight excluding hydrogens is 112 g/mol. The van der Waals surface area contributed by atoms with E-state index in [0.29, 0.717) is 5.92 Å². The minimum Gasteiger partial charge on any atom is -0.393 e. The first kappa shape index (κ1) is 7.07. The van der Waals surface area contributed by atoms with Crippen molar-refractivity contribution in [1.82, 2.24) is 0 Å². The molecule has 2 atom stereocenters. The highest BCUT2D eigenvalue weighted by atomic mass is 16.3. The lowest BCUT2D eigenvalue weighted by molar-refractivity contribution is 0.255. The lowest BCUT2D eigenvalue weighted by atomic mass is 10.1. The van der Waals surface area contributed by atoms with E-state index in [1.54, 1.807) is 0 Å². The van der Waals surface area contributed by atoms with Crippen molar-refractivity contribution in [3.8, 4) is 0 Å². The van der Waals surface area contributed by atoms with Gasteiger partial charge in [0.2, 0.25) is 0 Å². The van der Waals surface area contributed by atoms with Gasteiger partial charge in [0.15, 0.2) is 0 Å². The molecule has 54 valence electrons. The Hall–Kier alpha value is -0.0400. The summed E-state index contributed by atoms with van der Waals surface area (Å²) in [5, 5.41) is 8.93. The minimum absolute atomic E-state index is 0.0712. The SMILES string of the molecule is CCCCC[C@H]1C[C@H]1O. The first-order chi connectivity index (χ1) is 4.34. The maximum Gasteiger partial charge on any atom is 0.0573 e. The maximum absolute atomic E-state index is 8.93. The summed E-state index contributed by atoms with van der Waals surface area (Å²) in [7, 11) is 0. The van der Waals surface area contributed by atoms with Gasteiger partial charge in [0.1, 0.15) is 0 Å². The van der Waals surface area contributed by atoms with Gasteiger partial charge in [0.25, 0.3) is 0 Å². The van der Waals surface area contributed by atoms with Crippen LogP contribution in [0.4, 0.5) is 0 Å². The zero-order valence-corrected chi connectivity index (χ0v) is 6.14. The lowest BCUT2D eigenvalue weighted by Gasteiger charge is -1.93. The predicted molar refractivity (Wildman–Crippen MR) is 38.3 cm³/mol. The molecule has 0 aromatic carbocycles. The van der Waals surface area contributed by atoms with E-state index in [1.807, 2.05) is 0 Å². The second-order valence-corrected chi connectivity index (χ2v) is 3.06. The van der Waals surface area contributed by atoms with Crippen molar-refractivity contribution >= 4 is 0 Å². The average molecular weight is 128 g/mol. The van der Waals surface area contributed by atoms with Crippen molar-refractivity contribution in [2.24, 2.45) is 5.92 Å². The molecule has 0 aliphatic heterocycles. The van der Waals surface area contributed by atoms with Gasteiger partial charge in [-0.3, -0.25) is 0 Å². The van der Waals surface area contributed by atoms with E-state index >= 15 is 0 Å². The Morgan fingerprint density at radius 1 is 1.44 bits per heavy atom. The molecule has 9 heavy (non-hydrogen) atoms. The van der Waals surface area contributed by atoms with Gasteiger partial charge in [-0.2, -0.15) is 0 Å². The molecule has 0 aromatic rings. The molecule has 0 bridgehead atoms. The number of hydrogen-bond donors (Lipinski definition) is 1. The van der Waals surface area contributed by atoms with Crippen LogP contribution in [0.3, 0.4) is 0 Å². The molecule has 0 spiro atoms. The Morgan fingerprint density at radius 3 is 2.56 bits per heavy atom. The zero-order valence-electron chi connectivity index (χ0n) is 6.14. The Morgan fingerprint density at radius 2 is 2.11 bits per heavy atom. The van der Waals surface area contributed by atoms with Crippen LogP contribution >= 0.6 is 0 Å². The third-order valence-corrected chi connectivity index (χ3v) is 2.06. The van der Waals surface area contributed by atoms with Crippen molar-refractivity contribution in [3.63, 3.8) is 0 Å². The van der Waals surface area contributed by atoms with Gasteiger partial charge in [-0.05, 0) is 18.8 Å². The molecular formula is C8H16O. The average Bonchev–Trinajstić information content (AvgIpc) is 2.48. The quantitative estimate of drug-likeness (QED) is 0.574. The number of hydrogen-bond acceptors (Lipinski definition) is 1. The highest BCUT2D eigenvalue weighted by Crippen LogP contribution is 2.34. The molecule has 0 radical (unpaired) electrons. The topological polar surface area (TPSA) is 20.2 Å². The number of rotatable bonds is 4. The summed E-state index contributed by atoms with van der Waals surface area (Å²) in [6.45, 7) is 2.21. The summed E-state index contributed by atoms with van der Waals surface area (Å²) in [5.41, 5.74) is 0. The van der Waals surface area contributed by atoms with Crippen LogP contribution in [0, 0.1) is 5.92 Å². The third kappa shape index (κ3) is 2.35. The first-order valence-electron chi connectivity index (χ1n) is 4.02. The van der Waals surface area contributed by atoms with E-state index in [1.165, 1.54) is 25.7 Å². The Labute approximate surface area is 57.1 Å². The largest absolute Gasteiger partial charge is 0.393 e. The monoisotopic (exact) mass is 128 g/mol. The van der Waals surface area contributed by atoms with Gasteiger partial charge in [-0.25, -0.2) is 0 Å². The molecule has 1 nitrogen and oxygen atoms in total. The van der Waals surface area contributed by atoms with Gasteiger partial charge in [0, 0.05) is 0 Å². The van der Waals surface area contributed by atoms with Crippen LogP contribution in [-0.4, -0.2) is 11.2 Å². The van der Waals surface area contributed by atoms with Crippen molar-refractivity contribution in [2.45, 2.75) is 45.1 Å². The maximum atomic E-state index is 8.93. The van der Waals surface area contributed by atoms with Gasteiger partial charge in [-0.1, -0.05) is 26.2 Å². The molecule has 1 rings (SSSR count). The van der Waals surface area contributed by atoms with Gasteiger partial charge in [-0.15, -0.1) is 0 Å². The van der Waals surface area contributed by atoms with E-state index in [0.717, 1.165) is 6.42 Å². The molecule has 0 amide bonds. The lowest BCUT2D eigenvalue weighted by Crippen LogP contribution is -1.85. The number of aliphatic hydroxyl groups excluding tert-OH is 1. The van der Waals surface area contributed by atoms with Crippen molar-refractivity contribution < 1.29 is 5.11 Å². The standard InChI is InChI=1S/C8H16O/c1-2-3-4-5-7-6-8(7)9/h7-9H,2-6H2,1H3/t7-,8+/m0/s1. The first-order valence-corrected chi connectivity index (χ1v) is 4.02. The van der Waals surface area contributed by atoms with Gasteiger partial charge >= 0.3 is 0 Å². The summed E-state index contributed by atoms with van der Waals surface area (Å²) < 4.78 is 0. The van der Waals surface area contributed by atoms with E-state index in [9.17, 15) is 0 Å². The molecule has 0 saturated heterocycles. The highest BCUT2D eigenvalue weighted by molar-refractivity contribution is 4.84. The van der Waals surface area contributed by atoms with Crippen LogP contribution in [0.15, 0.2) is 0 Å². The van der Waals surface area contributed by atoms with Crippen LogP contribution in [0.5, 0.6) is 0 Å². The molecule has 1 fully saturated rings. The summed E-state index contributed by atoms with van der Waals surface area (Å²) in [5.74, 6) is 0.677. The molecule has 1 aliphatic rings. The Bertz CT molecular complexity index is 80.6. The normalized spacial score (nSPS) is 32.7. The van der Waals surface area contributed by atoms with Crippen molar-refractivity contribution in [2.75, 3.05) is 0 Å². The highest BCUT2D eigenvalue weighted by Gasteiger charge is 2.33. The Balaban J connectivity index is 1.83. The van der Waals surface area contributed by atoms with Crippen LogP contribution < -0.4 is 0 Å².